The minimum Gasteiger partial charge on any atom is -0.386 e. The molecule has 30 heavy (non-hydrogen) atoms. The molecule has 156 valence electrons. The molecule has 2 heterocycles. The Bertz CT molecular complexity index is 1190. The minimum absolute atomic E-state index is 0.336. The van der Waals surface area contributed by atoms with Gasteiger partial charge in [-0.15, -0.1) is 0 Å². The van der Waals surface area contributed by atoms with Gasteiger partial charge in [0.15, 0.2) is 12.4 Å². The summed E-state index contributed by atoms with van der Waals surface area (Å²) in [4.78, 5) is 4.55. The van der Waals surface area contributed by atoms with E-state index in [1.165, 1.54) is 6.20 Å². The Balaban J connectivity index is 1.72. The summed E-state index contributed by atoms with van der Waals surface area (Å²) in [5.74, 6) is 0.346. The van der Waals surface area contributed by atoms with Crippen LogP contribution < -0.4 is 10.5 Å². The molecule has 1 aromatic heterocycles. The van der Waals surface area contributed by atoms with E-state index >= 15 is 0 Å². The van der Waals surface area contributed by atoms with Crippen LogP contribution in [-0.2, 0) is 10.0 Å². The smallest absolute Gasteiger partial charge is 0.229 e. The first-order chi connectivity index (χ1) is 14.3. The zero-order valence-corrected chi connectivity index (χ0v) is 17.2. The van der Waals surface area contributed by atoms with Crippen molar-refractivity contribution < 1.29 is 18.1 Å². The van der Waals surface area contributed by atoms with E-state index in [9.17, 15) is 13.5 Å². The maximum Gasteiger partial charge on any atom is 0.229 e. The fraction of sp³-hybridized carbons (Fsp3) is 0.250. The normalized spacial score (nSPS) is 23.1. The van der Waals surface area contributed by atoms with Gasteiger partial charge in [0.05, 0.1) is 29.5 Å². The molecule has 0 spiro atoms. The van der Waals surface area contributed by atoms with Gasteiger partial charge in [0.1, 0.15) is 18.3 Å². The number of rotatable bonds is 4. The Morgan fingerprint density at radius 3 is 2.73 bits per heavy atom. The lowest BCUT2D eigenvalue weighted by atomic mass is 10.1. The maximum absolute atomic E-state index is 11.9. The molecule has 1 saturated heterocycles. The number of hydrogen-bond donors (Lipinski definition) is 3. The van der Waals surface area contributed by atoms with Gasteiger partial charge < -0.3 is 10.8 Å². The molecule has 9 nitrogen and oxygen atoms in total. The number of nitrogens with one attached hydrogen (secondary N) is 1. The fourth-order valence-corrected chi connectivity index (χ4v) is 3.98. The third kappa shape index (κ3) is 4.34. The van der Waals surface area contributed by atoms with E-state index in [4.69, 9.17) is 5.73 Å². The third-order valence-electron chi connectivity index (χ3n) is 4.83. The number of aliphatic hydroxyl groups excluding tert-OH is 1. The van der Waals surface area contributed by atoms with Crippen molar-refractivity contribution in [2.75, 3.05) is 25.1 Å². The van der Waals surface area contributed by atoms with Gasteiger partial charge in [0.2, 0.25) is 15.7 Å². The van der Waals surface area contributed by atoms with E-state index in [1.54, 1.807) is 16.8 Å². The highest BCUT2D eigenvalue weighted by molar-refractivity contribution is 7.88. The van der Waals surface area contributed by atoms with E-state index in [1.807, 2.05) is 41.0 Å². The zero-order valence-electron chi connectivity index (χ0n) is 16.4. The molecule has 4 rings (SSSR count). The molecule has 1 fully saturated rings. The number of nitrogen functional groups attached to an aromatic ring is 1. The topological polar surface area (TPSA) is 126 Å². The lowest BCUT2D eigenvalue weighted by Crippen LogP contribution is -2.30. The van der Waals surface area contributed by atoms with Crippen molar-refractivity contribution in [3.63, 3.8) is 0 Å². The number of aliphatic imine (C=N–C) groups is 1. The summed E-state index contributed by atoms with van der Waals surface area (Å²) in [6.07, 6.45) is 8.22. The van der Waals surface area contributed by atoms with Gasteiger partial charge in [-0.25, -0.2) is 22.7 Å². The quantitative estimate of drug-likeness (QED) is 0.490. The van der Waals surface area contributed by atoms with Gasteiger partial charge in [-0.1, -0.05) is 18.2 Å². The summed E-state index contributed by atoms with van der Waals surface area (Å²) >= 11 is 0. The van der Waals surface area contributed by atoms with Gasteiger partial charge in [-0.2, -0.15) is 5.10 Å². The number of sulfonamides is 1. The summed E-state index contributed by atoms with van der Waals surface area (Å²) in [6, 6.07) is 9.43. The van der Waals surface area contributed by atoms with Gasteiger partial charge in [0, 0.05) is 18.6 Å². The standard InChI is InChI=1S/C20H22N6O3S/c1-30(28,29)24-18-11-15(25-10-9-16(27)13-25)7-8-17(18)23-19-12-22-26(20(19)21)14-5-3-2-4-6-14/h2-8,11-12,16,27H,9-10,13H2,1H3,(H2,21,22,24)/p+1. The second kappa shape index (κ2) is 7.88. The van der Waals surface area contributed by atoms with Crippen molar-refractivity contribution in [3.8, 4) is 5.69 Å². The fourth-order valence-electron chi connectivity index (χ4n) is 3.42. The first-order valence-corrected chi connectivity index (χ1v) is 11.3. The van der Waals surface area contributed by atoms with Crippen LogP contribution in [0.25, 0.3) is 5.69 Å². The Hall–Kier alpha value is -3.24. The molecule has 1 aliphatic carbocycles. The first-order valence-electron chi connectivity index (χ1n) is 9.46. The number of benzene rings is 1. The zero-order chi connectivity index (χ0) is 21.3. The van der Waals surface area contributed by atoms with Crippen molar-refractivity contribution >= 4 is 33.0 Å². The first kappa shape index (κ1) is 20.0. The highest BCUT2D eigenvalue weighted by Crippen LogP contribution is 2.26. The minimum atomic E-state index is -3.52. The van der Waals surface area contributed by atoms with Crippen LogP contribution >= 0.6 is 0 Å². The number of aliphatic hydroxyl groups is 1. The van der Waals surface area contributed by atoms with Crippen LogP contribution in [0.3, 0.4) is 0 Å². The Kier molecular flexibility index (Phi) is 5.27. The number of aromatic nitrogens is 2. The summed E-state index contributed by atoms with van der Waals surface area (Å²) in [7, 11) is -3.52. The largest absolute Gasteiger partial charge is 0.386 e. The number of β-amino-alcohol motifs (C(OH)–C–C–N with tert-alkyl or cyclic N) is 1. The average Bonchev–Trinajstić information content (AvgIpc) is 3.29. The van der Waals surface area contributed by atoms with Gasteiger partial charge >= 0.3 is 0 Å². The Morgan fingerprint density at radius 1 is 1.30 bits per heavy atom. The number of nitrogens with two attached hydrogens (primary N) is 1. The molecule has 0 saturated carbocycles. The van der Waals surface area contributed by atoms with Crippen LogP contribution in [0.15, 0.2) is 65.4 Å². The van der Waals surface area contributed by atoms with Crippen molar-refractivity contribution in [2.45, 2.75) is 12.5 Å². The van der Waals surface area contributed by atoms with E-state index in [0.29, 0.717) is 42.4 Å². The van der Waals surface area contributed by atoms with Crippen LogP contribution in [0.5, 0.6) is 0 Å². The van der Waals surface area contributed by atoms with E-state index in [0.717, 1.165) is 17.7 Å². The van der Waals surface area contributed by atoms with Crippen LogP contribution in [0, 0.1) is 0 Å². The highest BCUT2D eigenvalue weighted by atomic mass is 32.2. The van der Waals surface area contributed by atoms with Crippen molar-refractivity contribution in [1.82, 2.24) is 14.5 Å². The monoisotopic (exact) mass is 427 g/mol. The van der Waals surface area contributed by atoms with Crippen molar-refractivity contribution in [3.05, 3.63) is 60.5 Å². The SMILES string of the molecule is CS(=O)(=O)NC1=CC(=[N+]2\CCC(O)C2)/C=CC/1=N/c1cnn(-c2ccccc2)c1N. The van der Waals surface area contributed by atoms with Crippen LogP contribution in [0.4, 0.5) is 11.5 Å². The molecule has 0 radical (unpaired) electrons. The van der Waals surface area contributed by atoms with Gasteiger partial charge in [0.25, 0.3) is 0 Å². The predicted molar refractivity (Wildman–Crippen MR) is 116 cm³/mol. The maximum atomic E-state index is 11.9. The number of hydrogen-bond acceptors (Lipinski definition) is 6. The lowest BCUT2D eigenvalue weighted by molar-refractivity contribution is -0.508. The molecule has 2 aromatic rings. The molecular weight excluding hydrogens is 404 g/mol. The van der Waals surface area contributed by atoms with E-state index < -0.39 is 10.0 Å². The average molecular weight is 428 g/mol. The van der Waals surface area contributed by atoms with Gasteiger partial charge in [-0.3, -0.25) is 4.72 Å². The van der Waals surface area contributed by atoms with E-state index in [2.05, 4.69) is 14.8 Å². The molecule has 1 unspecified atom stereocenters. The van der Waals surface area contributed by atoms with Crippen molar-refractivity contribution in [1.29, 1.82) is 0 Å². The summed E-state index contributed by atoms with van der Waals surface area (Å²) in [6.45, 7) is 1.21. The molecular formula is C20H23N6O3S+. The Labute approximate surface area is 174 Å². The highest BCUT2D eigenvalue weighted by Gasteiger charge is 2.27. The molecule has 0 bridgehead atoms. The summed E-state index contributed by atoms with van der Waals surface area (Å²) < 4.78 is 29.9. The molecule has 10 heteroatoms. The number of para-hydroxylation sites is 1. The van der Waals surface area contributed by atoms with Crippen LogP contribution in [0.2, 0.25) is 0 Å². The molecule has 0 amide bonds. The van der Waals surface area contributed by atoms with Crippen molar-refractivity contribution in [2.24, 2.45) is 4.99 Å². The predicted octanol–water partition coefficient (Wildman–Crippen LogP) is 0.748. The number of allylic oxidation sites excluding steroid dienone is 3. The van der Waals surface area contributed by atoms with Crippen LogP contribution in [0.1, 0.15) is 6.42 Å². The molecule has 1 atom stereocenters. The third-order valence-corrected chi connectivity index (χ3v) is 5.42. The second-order valence-electron chi connectivity index (χ2n) is 7.24. The summed E-state index contributed by atoms with van der Waals surface area (Å²) in [5, 5.41) is 14.1. The van der Waals surface area contributed by atoms with E-state index in [-0.39, 0.29) is 6.10 Å². The van der Waals surface area contributed by atoms with Crippen LogP contribution in [-0.4, -0.2) is 64.8 Å². The Morgan fingerprint density at radius 2 is 2.07 bits per heavy atom. The lowest BCUT2D eigenvalue weighted by Gasteiger charge is -2.13. The molecule has 2 aliphatic rings. The second-order valence-corrected chi connectivity index (χ2v) is 8.99. The number of anilines is 1. The summed E-state index contributed by atoms with van der Waals surface area (Å²) in [5.41, 5.74) is 9.03. The molecule has 1 aliphatic heterocycles. The molecule has 4 N–H and O–H groups in total. The van der Waals surface area contributed by atoms with Gasteiger partial charge in [-0.05, 0) is 18.2 Å². The molecule has 1 aromatic carbocycles. The number of nitrogens with zero attached hydrogens (tertiary/aromatic N) is 4.